The molecule has 3 rings (SSSR count). The Kier molecular flexibility index (Phi) is 6.31. The van der Waals surface area contributed by atoms with Crippen molar-refractivity contribution in [2.75, 3.05) is 6.54 Å². The van der Waals surface area contributed by atoms with Crippen LogP contribution in [-0.4, -0.2) is 21.6 Å². The number of para-hydroxylation sites is 1. The van der Waals surface area contributed by atoms with E-state index in [2.05, 4.69) is 5.32 Å². The van der Waals surface area contributed by atoms with Crippen molar-refractivity contribution in [3.8, 4) is 0 Å². The van der Waals surface area contributed by atoms with Gasteiger partial charge in [0.25, 0.3) is 5.56 Å². The number of halogens is 1. The van der Waals surface area contributed by atoms with Gasteiger partial charge in [0.15, 0.2) is 0 Å². The molecule has 0 radical (unpaired) electrons. The molecule has 0 unspecified atom stereocenters. The van der Waals surface area contributed by atoms with Gasteiger partial charge >= 0.3 is 5.69 Å². The highest BCUT2D eigenvalue weighted by atomic mass is 35.5. The second-order valence-electron chi connectivity index (χ2n) is 6.61. The second kappa shape index (κ2) is 8.89. The number of aromatic nitrogens is 2. The van der Waals surface area contributed by atoms with Crippen LogP contribution in [0.2, 0.25) is 5.02 Å². The lowest BCUT2D eigenvalue weighted by atomic mass is 10.2. The second-order valence-corrected chi connectivity index (χ2v) is 7.05. The number of amides is 1. The summed E-state index contributed by atoms with van der Waals surface area (Å²) in [4.78, 5) is 38.3. The van der Waals surface area contributed by atoms with Crippen molar-refractivity contribution in [1.29, 1.82) is 0 Å². The third kappa shape index (κ3) is 4.34. The summed E-state index contributed by atoms with van der Waals surface area (Å²) in [6.07, 6.45) is 1.84. The summed E-state index contributed by atoms with van der Waals surface area (Å²) in [6, 6.07) is 13.8. The SMILES string of the molecule is CCCCNC(=O)Cn1c(=O)n(Cc2cccc(Cl)c2)c(=O)c2ccccc21. The van der Waals surface area contributed by atoms with E-state index in [9.17, 15) is 14.4 Å². The van der Waals surface area contributed by atoms with E-state index < -0.39 is 5.69 Å². The maximum absolute atomic E-state index is 13.1. The molecule has 28 heavy (non-hydrogen) atoms. The number of carbonyl (C=O) groups excluding carboxylic acids is 1. The van der Waals surface area contributed by atoms with Crippen molar-refractivity contribution < 1.29 is 4.79 Å². The van der Waals surface area contributed by atoms with E-state index >= 15 is 0 Å². The Bertz CT molecular complexity index is 1120. The van der Waals surface area contributed by atoms with Crippen molar-refractivity contribution in [2.45, 2.75) is 32.9 Å². The van der Waals surface area contributed by atoms with Gasteiger partial charge in [0.2, 0.25) is 5.91 Å². The monoisotopic (exact) mass is 399 g/mol. The van der Waals surface area contributed by atoms with Gasteiger partial charge in [-0.3, -0.25) is 18.7 Å². The fourth-order valence-electron chi connectivity index (χ4n) is 3.09. The smallest absolute Gasteiger partial charge is 0.332 e. The maximum Gasteiger partial charge on any atom is 0.332 e. The first kappa shape index (κ1) is 19.9. The number of rotatable bonds is 7. The van der Waals surface area contributed by atoms with E-state index in [0.717, 1.165) is 23.0 Å². The molecular formula is C21H22ClN3O3. The van der Waals surface area contributed by atoms with Gasteiger partial charge < -0.3 is 5.32 Å². The predicted octanol–water partition coefficient (Wildman–Crippen LogP) is 2.78. The molecule has 0 bridgehead atoms. The van der Waals surface area contributed by atoms with Crippen LogP contribution in [0.1, 0.15) is 25.3 Å². The molecule has 0 aliphatic carbocycles. The Morgan fingerprint density at radius 2 is 1.86 bits per heavy atom. The van der Waals surface area contributed by atoms with Gasteiger partial charge in [0, 0.05) is 11.6 Å². The van der Waals surface area contributed by atoms with E-state index in [0.29, 0.717) is 22.5 Å². The van der Waals surface area contributed by atoms with Crippen LogP contribution in [0.25, 0.3) is 10.9 Å². The van der Waals surface area contributed by atoms with Gasteiger partial charge in [-0.25, -0.2) is 4.79 Å². The van der Waals surface area contributed by atoms with Gasteiger partial charge in [-0.05, 0) is 36.2 Å². The van der Waals surface area contributed by atoms with Crippen LogP contribution < -0.4 is 16.6 Å². The average Bonchev–Trinajstić information content (AvgIpc) is 2.69. The van der Waals surface area contributed by atoms with E-state index in [1.807, 2.05) is 6.92 Å². The first-order chi connectivity index (χ1) is 13.5. The lowest BCUT2D eigenvalue weighted by Crippen LogP contribution is -2.43. The van der Waals surface area contributed by atoms with Crippen LogP contribution in [0.15, 0.2) is 58.1 Å². The highest BCUT2D eigenvalue weighted by Crippen LogP contribution is 2.12. The fraction of sp³-hybridized carbons (Fsp3) is 0.286. The molecule has 0 atom stereocenters. The quantitative estimate of drug-likeness (QED) is 0.621. The minimum Gasteiger partial charge on any atom is -0.355 e. The number of nitrogens with one attached hydrogen (secondary N) is 1. The standard InChI is InChI=1S/C21H22ClN3O3/c1-2-3-11-23-19(26)14-24-18-10-5-4-9-17(18)20(27)25(21(24)28)13-15-7-6-8-16(22)12-15/h4-10,12H,2-3,11,13-14H2,1H3,(H,23,26). The van der Waals surface area contributed by atoms with Crippen LogP contribution >= 0.6 is 11.6 Å². The topological polar surface area (TPSA) is 73.1 Å². The lowest BCUT2D eigenvalue weighted by Gasteiger charge is -2.14. The molecule has 1 N–H and O–H groups in total. The first-order valence-electron chi connectivity index (χ1n) is 9.24. The van der Waals surface area contributed by atoms with Gasteiger partial charge in [-0.1, -0.05) is 49.2 Å². The van der Waals surface area contributed by atoms with E-state index in [1.165, 1.54) is 4.57 Å². The molecule has 2 aromatic carbocycles. The molecule has 1 aromatic heterocycles. The maximum atomic E-state index is 13.1. The average molecular weight is 400 g/mol. The van der Waals surface area contributed by atoms with E-state index in [1.54, 1.807) is 48.5 Å². The third-order valence-electron chi connectivity index (χ3n) is 4.52. The summed E-state index contributed by atoms with van der Waals surface area (Å²) in [7, 11) is 0. The summed E-state index contributed by atoms with van der Waals surface area (Å²) >= 11 is 6.02. The molecule has 1 amide bonds. The van der Waals surface area contributed by atoms with E-state index in [-0.39, 0.29) is 24.6 Å². The molecule has 146 valence electrons. The Labute approximate surface area is 167 Å². The van der Waals surface area contributed by atoms with Gasteiger partial charge in [0.1, 0.15) is 6.54 Å². The van der Waals surface area contributed by atoms with Crippen molar-refractivity contribution >= 4 is 28.4 Å². The molecule has 0 saturated carbocycles. The molecule has 1 heterocycles. The van der Waals surface area contributed by atoms with Gasteiger partial charge in [-0.15, -0.1) is 0 Å². The van der Waals surface area contributed by atoms with E-state index in [4.69, 9.17) is 11.6 Å². The summed E-state index contributed by atoms with van der Waals surface area (Å²) in [6.45, 7) is 2.54. The Hall–Kier alpha value is -2.86. The molecule has 6 nitrogen and oxygen atoms in total. The van der Waals surface area contributed by atoms with Crippen LogP contribution in [0, 0.1) is 0 Å². The first-order valence-corrected chi connectivity index (χ1v) is 9.62. The van der Waals surface area contributed by atoms with Crippen molar-refractivity contribution in [3.05, 3.63) is 80.0 Å². The number of benzene rings is 2. The zero-order valence-electron chi connectivity index (χ0n) is 15.7. The van der Waals surface area contributed by atoms with Crippen LogP contribution in [0.5, 0.6) is 0 Å². The highest BCUT2D eigenvalue weighted by Gasteiger charge is 2.15. The number of fused-ring (bicyclic) bond motifs is 1. The van der Waals surface area contributed by atoms with Crippen molar-refractivity contribution in [1.82, 2.24) is 14.5 Å². The molecule has 0 aliphatic rings. The summed E-state index contributed by atoms with van der Waals surface area (Å²) < 4.78 is 2.50. The molecule has 0 fully saturated rings. The molecule has 3 aromatic rings. The predicted molar refractivity (Wildman–Crippen MR) is 111 cm³/mol. The minimum atomic E-state index is -0.519. The summed E-state index contributed by atoms with van der Waals surface area (Å²) in [5.41, 5.74) is 0.281. The number of carbonyl (C=O) groups is 1. The largest absolute Gasteiger partial charge is 0.355 e. The Balaban J connectivity index is 2.06. The van der Waals surface area contributed by atoms with Gasteiger partial charge in [-0.2, -0.15) is 0 Å². The molecule has 0 aliphatic heterocycles. The van der Waals surface area contributed by atoms with Crippen LogP contribution in [-0.2, 0) is 17.9 Å². The van der Waals surface area contributed by atoms with Crippen molar-refractivity contribution in [3.63, 3.8) is 0 Å². The molecular weight excluding hydrogens is 378 g/mol. The number of nitrogens with zero attached hydrogens (tertiary/aromatic N) is 2. The number of hydrogen-bond acceptors (Lipinski definition) is 3. The molecule has 0 saturated heterocycles. The lowest BCUT2D eigenvalue weighted by molar-refractivity contribution is -0.121. The summed E-state index contributed by atoms with van der Waals surface area (Å²) in [5, 5.41) is 3.74. The minimum absolute atomic E-state index is 0.0838. The number of unbranched alkanes of at least 4 members (excludes halogenated alkanes) is 1. The number of hydrogen-bond donors (Lipinski definition) is 1. The van der Waals surface area contributed by atoms with Crippen LogP contribution in [0.3, 0.4) is 0 Å². The summed E-state index contributed by atoms with van der Waals surface area (Å²) in [5.74, 6) is -0.256. The Morgan fingerprint density at radius 3 is 2.61 bits per heavy atom. The van der Waals surface area contributed by atoms with Gasteiger partial charge in [0.05, 0.1) is 17.4 Å². The third-order valence-corrected chi connectivity index (χ3v) is 4.75. The fourth-order valence-corrected chi connectivity index (χ4v) is 3.30. The normalized spacial score (nSPS) is 10.9. The zero-order chi connectivity index (χ0) is 20.1. The van der Waals surface area contributed by atoms with Crippen molar-refractivity contribution in [2.24, 2.45) is 0 Å². The molecule has 0 spiro atoms. The highest BCUT2D eigenvalue weighted by molar-refractivity contribution is 6.30. The van der Waals surface area contributed by atoms with Crippen LogP contribution in [0.4, 0.5) is 0 Å². The zero-order valence-corrected chi connectivity index (χ0v) is 16.4. The molecule has 7 heteroatoms. The Morgan fingerprint density at radius 1 is 1.07 bits per heavy atom.